The molecule has 1 saturated heterocycles. The van der Waals surface area contributed by atoms with Gasteiger partial charge in [-0.15, -0.1) is 0 Å². The van der Waals surface area contributed by atoms with Crippen LogP contribution in [0.25, 0.3) is 0 Å². The van der Waals surface area contributed by atoms with Gasteiger partial charge in [-0.05, 0) is 48.5 Å². The summed E-state index contributed by atoms with van der Waals surface area (Å²) < 4.78 is 18.1. The number of carbonyl (C=O) groups is 1. The summed E-state index contributed by atoms with van der Waals surface area (Å²) in [6.45, 7) is 13.1. The van der Waals surface area contributed by atoms with E-state index < -0.39 is 30.0 Å². The van der Waals surface area contributed by atoms with Gasteiger partial charge in [0.05, 0.1) is 11.2 Å². The van der Waals surface area contributed by atoms with Gasteiger partial charge in [-0.2, -0.15) is 9.78 Å². The highest BCUT2D eigenvalue weighted by Crippen LogP contribution is 2.36. The zero-order valence-corrected chi connectivity index (χ0v) is 14.8. The molecule has 0 atom stereocenters. The molecule has 0 unspecified atom stereocenters. The van der Waals surface area contributed by atoms with Gasteiger partial charge in [-0.1, -0.05) is 11.6 Å². The number of nitrogens with zero attached hydrogens (tertiary/aromatic N) is 2. The van der Waals surface area contributed by atoms with E-state index in [2.05, 4.69) is 5.10 Å². The first-order valence-corrected chi connectivity index (χ1v) is 7.54. The number of hydrogen-bond donors (Lipinski definition) is 0. The van der Waals surface area contributed by atoms with E-state index in [1.165, 1.54) is 6.20 Å². The first-order chi connectivity index (χ1) is 9.82. The third-order valence-electron chi connectivity index (χ3n) is 3.78. The van der Waals surface area contributed by atoms with Crippen molar-refractivity contribution in [1.29, 1.82) is 0 Å². The fraction of sp³-hybridized carbons (Fsp3) is 0.714. The fourth-order valence-corrected chi connectivity index (χ4v) is 2.12. The van der Waals surface area contributed by atoms with Crippen LogP contribution in [0, 0.1) is 0 Å². The maximum atomic E-state index is 12.0. The van der Waals surface area contributed by atoms with Crippen molar-refractivity contribution < 1.29 is 18.8 Å². The molecule has 2 heterocycles. The number of hydrogen-bond acceptors (Lipinski definition) is 5. The van der Waals surface area contributed by atoms with Crippen molar-refractivity contribution in [1.82, 2.24) is 9.78 Å². The van der Waals surface area contributed by atoms with Crippen molar-refractivity contribution in [3.05, 3.63) is 11.3 Å². The van der Waals surface area contributed by atoms with Gasteiger partial charge in [0, 0.05) is 11.7 Å². The predicted octanol–water partition coefficient (Wildman–Crippen LogP) is 2.62. The molecule has 22 heavy (non-hydrogen) atoms. The zero-order chi connectivity index (χ0) is 16.9. The third kappa shape index (κ3) is 3.31. The van der Waals surface area contributed by atoms with Crippen molar-refractivity contribution in [3.63, 3.8) is 0 Å². The van der Waals surface area contributed by atoms with Crippen molar-refractivity contribution in [3.8, 4) is 0 Å². The molecule has 1 aromatic rings. The van der Waals surface area contributed by atoms with Crippen LogP contribution in [0.15, 0.2) is 6.20 Å². The van der Waals surface area contributed by atoms with Crippen LogP contribution in [0.1, 0.15) is 48.5 Å². The molecular weight excluding hydrogens is 306 g/mol. The van der Waals surface area contributed by atoms with Crippen molar-refractivity contribution in [2.75, 3.05) is 0 Å². The van der Waals surface area contributed by atoms with Crippen LogP contribution in [0.5, 0.6) is 0 Å². The molecule has 0 amide bonds. The number of carbonyl (C=O) groups excluding carboxylic acids is 1. The molecule has 2 rings (SSSR count). The minimum absolute atomic E-state index is 0.157. The van der Waals surface area contributed by atoms with Crippen LogP contribution >= 0.6 is 11.6 Å². The zero-order valence-electron chi connectivity index (χ0n) is 14.1. The first-order valence-electron chi connectivity index (χ1n) is 7.16. The summed E-state index contributed by atoms with van der Waals surface area (Å²) >= 11 is 6.13. The van der Waals surface area contributed by atoms with Gasteiger partial charge in [0.2, 0.25) is 0 Å². The molecule has 122 valence electrons. The van der Waals surface area contributed by atoms with E-state index in [1.807, 2.05) is 27.7 Å². The van der Waals surface area contributed by atoms with E-state index in [-0.39, 0.29) is 5.15 Å². The largest absolute Gasteiger partial charge is 0.499 e. The highest BCUT2D eigenvalue weighted by atomic mass is 35.5. The molecular formula is C14H22BClN2O4. The van der Waals surface area contributed by atoms with Crippen molar-refractivity contribution >= 4 is 30.3 Å². The summed E-state index contributed by atoms with van der Waals surface area (Å²) in [4.78, 5) is 12.0. The maximum absolute atomic E-state index is 12.0. The molecule has 0 bridgehead atoms. The topological polar surface area (TPSA) is 62.6 Å². The van der Waals surface area contributed by atoms with Crippen LogP contribution in [-0.2, 0) is 14.0 Å². The lowest BCUT2D eigenvalue weighted by Gasteiger charge is -2.32. The molecule has 1 fully saturated rings. The van der Waals surface area contributed by atoms with E-state index in [1.54, 1.807) is 20.8 Å². The number of halogens is 1. The average Bonchev–Trinajstić information content (AvgIpc) is 2.75. The second kappa shape index (κ2) is 5.25. The Morgan fingerprint density at radius 1 is 1.27 bits per heavy atom. The van der Waals surface area contributed by atoms with Crippen LogP contribution < -0.4 is 5.46 Å². The van der Waals surface area contributed by atoms with E-state index >= 15 is 0 Å². The molecule has 0 aliphatic carbocycles. The second-order valence-electron chi connectivity index (χ2n) is 7.39. The summed E-state index contributed by atoms with van der Waals surface area (Å²) in [7, 11) is -0.673. The summed E-state index contributed by atoms with van der Waals surface area (Å²) in [5.74, 6) is 0. The first kappa shape index (κ1) is 17.3. The molecule has 0 saturated carbocycles. The van der Waals surface area contributed by atoms with Gasteiger partial charge in [-0.25, -0.2) is 4.79 Å². The Bertz CT molecular complexity index is 576. The summed E-state index contributed by atoms with van der Waals surface area (Å²) in [5.41, 5.74) is -1.09. The quantitative estimate of drug-likeness (QED) is 0.742. The second-order valence-corrected chi connectivity index (χ2v) is 7.75. The Labute approximate surface area is 136 Å². The van der Waals surface area contributed by atoms with Crippen molar-refractivity contribution in [2.24, 2.45) is 0 Å². The van der Waals surface area contributed by atoms with Gasteiger partial charge in [0.25, 0.3) is 0 Å². The van der Waals surface area contributed by atoms with Crippen LogP contribution in [-0.4, -0.2) is 39.8 Å². The lowest BCUT2D eigenvalue weighted by Crippen LogP contribution is -2.41. The third-order valence-corrected chi connectivity index (χ3v) is 4.08. The minimum Gasteiger partial charge on any atom is -0.442 e. The van der Waals surface area contributed by atoms with E-state index in [4.69, 9.17) is 25.6 Å². The highest BCUT2D eigenvalue weighted by molar-refractivity contribution is 6.65. The lowest BCUT2D eigenvalue weighted by molar-refractivity contribution is 0.00578. The maximum Gasteiger partial charge on any atom is 0.499 e. The monoisotopic (exact) mass is 328 g/mol. The Balaban J connectivity index is 2.23. The van der Waals surface area contributed by atoms with Gasteiger partial charge < -0.3 is 14.0 Å². The molecule has 0 N–H and O–H groups in total. The number of aromatic nitrogens is 2. The molecule has 0 radical (unpaired) electrons. The van der Waals surface area contributed by atoms with Gasteiger partial charge in [-0.3, -0.25) is 0 Å². The van der Waals surface area contributed by atoms with E-state index in [0.717, 1.165) is 4.68 Å². The molecule has 0 aromatic carbocycles. The summed E-state index contributed by atoms with van der Waals surface area (Å²) in [6, 6.07) is 0. The minimum atomic E-state index is -0.673. The molecule has 8 heteroatoms. The molecule has 6 nitrogen and oxygen atoms in total. The van der Waals surface area contributed by atoms with Gasteiger partial charge in [0.15, 0.2) is 5.15 Å². The predicted molar refractivity (Wildman–Crippen MR) is 84.6 cm³/mol. The Kier molecular flexibility index (Phi) is 4.13. The fourth-order valence-electron chi connectivity index (χ4n) is 1.90. The van der Waals surface area contributed by atoms with E-state index in [0.29, 0.717) is 5.46 Å². The van der Waals surface area contributed by atoms with Crippen LogP contribution in [0.4, 0.5) is 4.79 Å². The van der Waals surface area contributed by atoms with Gasteiger partial charge in [0.1, 0.15) is 5.60 Å². The number of rotatable bonds is 1. The summed E-state index contributed by atoms with van der Waals surface area (Å²) in [6.07, 6.45) is 0.885. The Morgan fingerprint density at radius 2 is 1.77 bits per heavy atom. The standard InChI is InChI=1S/C14H22BClN2O4/c1-12(2,3)20-11(19)18-8-9(10(16)17-18)15-21-13(4,5)14(6,7)22-15/h8H,1-7H3. The molecule has 1 aliphatic rings. The van der Waals surface area contributed by atoms with Crippen LogP contribution in [0.3, 0.4) is 0 Å². The molecule has 1 aliphatic heterocycles. The SMILES string of the molecule is CC(C)(C)OC(=O)n1cc(B2OC(C)(C)C(C)(C)O2)c(Cl)n1. The van der Waals surface area contributed by atoms with Crippen molar-refractivity contribution in [2.45, 2.75) is 65.3 Å². The van der Waals surface area contributed by atoms with Gasteiger partial charge >= 0.3 is 13.2 Å². The normalized spacial score (nSPS) is 20.3. The molecule has 0 spiro atoms. The van der Waals surface area contributed by atoms with E-state index in [9.17, 15) is 4.79 Å². The lowest BCUT2D eigenvalue weighted by atomic mass is 9.82. The number of ether oxygens (including phenoxy) is 1. The average molecular weight is 329 g/mol. The summed E-state index contributed by atoms with van der Waals surface area (Å²) in [5, 5.41) is 4.14. The van der Waals surface area contributed by atoms with Crippen LogP contribution in [0.2, 0.25) is 5.15 Å². The highest BCUT2D eigenvalue weighted by Gasteiger charge is 2.52. The Hall–Kier alpha value is -1.05. The molecule has 1 aromatic heterocycles. The Morgan fingerprint density at radius 3 is 2.23 bits per heavy atom. The smallest absolute Gasteiger partial charge is 0.442 e.